The monoisotopic (exact) mass is 324 g/mol. The summed E-state index contributed by atoms with van der Waals surface area (Å²) in [6.07, 6.45) is -2.17. The van der Waals surface area contributed by atoms with Crippen LogP contribution in [0.1, 0.15) is 25.8 Å². The highest BCUT2D eigenvalue weighted by molar-refractivity contribution is 5.13. The zero-order valence-electron chi connectivity index (χ0n) is 13.4. The molecule has 1 aromatic carbocycles. The number of hydrogen-bond donors (Lipinski definition) is 2. The van der Waals surface area contributed by atoms with Gasteiger partial charge in [0.25, 0.3) is 0 Å². The van der Waals surface area contributed by atoms with Crippen LogP contribution in [0.2, 0.25) is 0 Å². The zero-order chi connectivity index (χ0) is 16.4. The fraction of sp³-hybridized carbons (Fsp3) is 0.647. The van der Waals surface area contributed by atoms with Gasteiger partial charge in [-0.1, -0.05) is 30.3 Å². The summed E-state index contributed by atoms with van der Waals surface area (Å²) < 4.78 is 23.5. The van der Waals surface area contributed by atoms with Crippen molar-refractivity contribution in [3.8, 4) is 0 Å². The van der Waals surface area contributed by atoms with Crippen molar-refractivity contribution < 1.29 is 29.2 Å². The van der Waals surface area contributed by atoms with E-state index in [1.54, 1.807) is 0 Å². The summed E-state index contributed by atoms with van der Waals surface area (Å²) in [7, 11) is 0. The first-order chi connectivity index (χ1) is 11.0. The lowest BCUT2D eigenvalue weighted by Gasteiger charge is -2.26. The second-order valence-electron chi connectivity index (χ2n) is 6.48. The molecule has 1 aromatic rings. The Morgan fingerprint density at radius 1 is 1.22 bits per heavy atom. The molecule has 0 bridgehead atoms. The third-order valence-corrected chi connectivity index (χ3v) is 4.09. The second-order valence-corrected chi connectivity index (χ2v) is 6.48. The lowest BCUT2D eigenvalue weighted by molar-refractivity contribution is -0.222. The van der Waals surface area contributed by atoms with Crippen LogP contribution >= 0.6 is 0 Å². The van der Waals surface area contributed by atoms with Gasteiger partial charge in [-0.2, -0.15) is 0 Å². The summed E-state index contributed by atoms with van der Waals surface area (Å²) in [5, 5.41) is 18.8. The van der Waals surface area contributed by atoms with Gasteiger partial charge in [0, 0.05) is 6.42 Å². The van der Waals surface area contributed by atoms with Gasteiger partial charge in [0.05, 0.1) is 25.4 Å². The van der Waals surface area contributed by atoms with Crippen LogP contribution in [0.5, 0.6) is 0 Å². The topological polar surface area (TPSA) is 77.4 Å². The molecule has 23 heavy (non-hydrogen) atoms. The molecule has 2 aliphatic heterocycles. The van der Waals surface area contributed by atoms with Crippen LogP contribution in [0.15, 0.2) is 30.3 Å². The maximum atomic E-state index is 9.72. The van der Waals surface area contributed by atoms with Crippen LogP contribution in [0.3, 0.4) is 0 Å². The molecule has 5 atom stereocenters. The van der Waals surface area contributed by atoms with Gasteiger partial charge in [-0.05, 0) is 19.4 Å². The minimum atomic E-state index is -0.852. The molecular formula is C17H24O6. The van der Waals surface area contributed by atoms with Crippen molar-refractivity contribution in [3.63, 3.8) is 0 Å². The average Bonchev–Trinajstić information content (AvgIpc) is 2.97. The molecule has 0 saturated carbocycles. The summed E-state index contributed by atoms with van der Waals surface area (Å²) in [6, 6.07) is 9.84. The number of aliphatic hydroxyl groups is 2. The molecule has 0 aliphatic carbocycles. The van der Waals surface area contributed by atoms with Crippen molar-refractivity contribution in [1.82, 2.24) is 0 Å². The molecule has 0 spiro atoms. The maximum Gasteiger partial charge on any atom is 0.190 e. The van der Waals surface area contributed by atoms with Crippen molar-refractivity contribution in [1.29, 1.82) is 0 Å². The van der Waals surface area contributed by atoms with Crippen LogP contribution in [-0.2, 0) is 25.6 Å². The Hall–Kier alpha value is -1.02. The molecule has 2 heterocycles. The molecule has 6 nitrogen and oxygen atoms in total. The number of ether oxygens (including phenoxy) is 4. The Morgan fingerprint density at radius 2 is 1.96 bits per heavy atom. The summed E-state index contributed by atoms with van der Waals surface area (Å²) in [5.41, 5.74) is 1.05. The van der Waals surface area contributed by atoms with Crippen molar-refractivity contribution in [2.24, 2.45) is 0 Å². The van der Waals surface area contributed by atoms with Gasteiger partial charge in [-0.3, -0.25) is 0 Å². The molecule has 0 unspecified atom stereocenters. The summed E-state index contributed by atoms with van der Waals surface area (Å²) >= 11 is 0. The van der Waals surface area contributed by atoms with Crippen LogP contribution in [0, 0.1) is 0 Å². The third kappa shape index (κ3) is 3.91. The summed E-state index contributed by atoms with van der Waals surface area (Å²) in [4.78, 5) is 0. The fourth-order valence-corrected chi connectivity index (χ4v) is 3.05. The first-order valence-electron chi connectivity index (χ1n) is 7.94. The number of rotatable bonds is 6. The van der Waals surface area contributed by atoms with Crippen molar-refractivity contribution in [2.75, 3.05) is 6.61 Å². The molecule has 0 radical (unpaired) electrons. The SMILES string of the molecule is CC1(C)O[C@H]2O[C@H](C[C@H](O)CO)[C@H](OCc3ccccc3)[C@H]2O1. The molecule has 2 N–H and O–H groups in total. The average molecular weight is 324 g/mol. The highest BCUT2D eigenvalue weighted by Crippen LogP contribution is 2.40. The zero-order valence-corrected chi connectivity index (χ0v) is 13.4. The Bertz CT molecular complexity index is 505. The van der Waals surface area contributed by atoms with Crippen LogP contribution in [0.4, 0.5) is 0 Å². The summed E-state index contributed by atoms with van der Waals surface area (Å²) in [5.74, 6) is -0.718. The van der Waals surface area contributed by atoms with Crippen molar-refractivity contribution >= 4 is 0 Å². The lowest BCUT2D eigenvalue weighted by atomic mass is 10.0. The quantitative estimate of drug-likeness (QED) is 0.818. The Labute approximate surface area is 135 Å². The van der Waals surface area contributed by atoms with E-state index in [4.69, 9.17) is 24.1 Å². The van der Waals surface area contributed by atoms with Gasteiger partial charge in [0.1, 0.15) is 12.2 Å². The normalized spacial score (nSPS) is 33.6. The predicted octanol–water partition coefficient (Wildman–Crippen LogP) is 1.19. The van der Waals surface area contributed by atoms with E-state index in [9.17, 15) is 5.11 Å². The molecule has 2 aliphatic rings. The summed E-state index contributed by atoms with van der Waals surface area (Å²) in [6.45, 7) is 3.78. The maximum absolute atomic E-state index is 9.72. The highest BCUT2D eigenvalue weighted by Gasteiger charge is 2.55. The lowest BCUT2D eigenvalue weighted by Crippen LogP contribution is -2.38. The van der Waals surface area contributed by atoms with Gasteiger partial charge in [-0.15, -0.1) is 0 Å². The van der Waals surface area contributed by atoms with Crippen LogP contribution < -0.4 is 0 Å². The molecule has 0 aromatic heterocycles. The molecule has 2 fully saturated rings. The van der Waals surface area contributed by atoms with E-state index in [0.717, 1.165) is 5.56 Å². The van der Waals surface area contributed by atoms with Gasteiger partial charge >= 0.3 is 0 Å². The van der Waals surface area contributed by atoms with Crippen LogP contribution in [-0.4, -0.2) is 53.3 Å². The predicted molar refractivity (Wildman–Crippen MR) is 81.4 cm³/mol. The van der Waals surface area contributed by atoms with Gasteiger partial charge in [-0.25, -0.2) is 0 Å². The number of hydrogen-bond acceptors (Lipinski definition) is 6. The minimum absolute atomic E-state index is 0.274. The Kier molecular flexibility index (Phi) is 5.01. The third-order valence-electron chi connectivity index (χ3n) is 4.09. The molecule has 6 heteroatoms. The highest BCUT2D eigenvalue weighted by atomic mass is 16.8. The van der Waals surface area contributed by atoms with E-state index >= 15 is 0 Å². The minimum Gasteiger partial charge on any atom is -0.394 e. The molecule has 128 valence electrons. The van der Waals surface area contributed by atoms with E-state index in [1.807, 2.05) is 44.2 Å². The molecule has 0 amide bonds. The van der Waals surface area contributed by atoms with Crippen LogP contribution in [0.25, 0.3) is 0 Å². The van der Waals surface area contributed by atoms with Gasteiger partial charge in [0.15, 0.2) is 12.1 Å². The van der Waals surface area contributed by atoms with E-state index in [1.165, 1.54) is 0 Å². The second kappa shape index (κ2) is 6.84. The number of fused-ring (bicyclic) bond motifs is 1. The van der Waals surface area contributed by atoms with E-state index in [-0.39, 0.29) is 31.3 Å². The van der Waals surface area contributed by atoms with E-state index < -0.39 is 18.2 Å². The standard InChI is InChI=1S/C17H24O6/c1-17(2)22-15-14(20-10-11-6-4-3-5-7-11)13(8-12(19)9-18)21-16(15)23-17/h3-7,12-16,18-19H,8-10H2,1-2H3/t12-,13+,14-,15+,16+/m0/s1. The number of benzene rings is 1. The smallest absolute Gasteiger partial charge is 0.190 e. The number of aliphatic hydroxyl groups excluding tert-OH is 2. The van der Waals surface area contributed by atoms with E-state index in [2.05, 4.69) is 0 Å². The van der Waals surface area contributed by atoms with Gasteiger partial charge < -0.3 is 29.2 Å². The molecule has 3 rings (SSSR count). The first kappa shape index (κ1) is 16.8. The molecular weight excluding hydrogens is 300 g/mol. The van der Waals surface area contributed by atoms with Gasteiger partial charge in [0.2, 0.25) is 0 Å². The van der Waals surface area contributed by atoms with E-state index in [0.29, 0.717) is 6.61 Å². The first-order valence-corrected chi connectivity index (χ1v) is 7.94. The van der Waals surface area contributed by atoms with Crippen molar-refractivity contribution in [2.45, 2.75) is 63.4 Å². The molecule has 2 saturated heterocycles. The largest absolute Gasteiger partial charge is 0.394 e. The Morgan fingerprint density at radius 3 is 2.65 bits per heavy atom. The Balaban J connectivity index is 1.68. The fourth-order valence-electron chi connectivity index (χ4n) is 3.05. The van der Waals surface area contributed by atoms with Crippen molar-refractivity contribution in [3.05, 3.63) is 35.9 Å².